The Hall–Kier alpha value is -4.49. The Kier molecular flexibility index (Phi) is 14.4. The molecular formula is C39H58N6O8. The van der Waals surface area contributed by atoms with Gasteiger partial charge in [-0.3, -0.25) is 28.8 Å². The van der Waals surface area contributed by atoms with Crippen molar-refractivity contribution in [1.82, 2.24) is 31.1 Å². The molecule has 1 aromatic carbocycles. The van der Waals surface area contributed by atoms with Crippen molar-refractivity contribution in [3.8, 4) is 0 Å². The van der Waals surface area contributed by atoms with Gasteiger partial charge in [0.25, 0.3) is 5.91 Å². The molecule has 2 aliphatic carbocycles. The number of hydrogen-bond donors (Lipinski definition) is 4. The molecule has 53 heavy (non-hydrogen) atoms. The molecule has 14 nitrogen and oxygen atoms in total. The van der Waals surface area contributed by atoms with Gasteiger partial charge < -0.3 is 35.8 Å². The minimum atomic E-state index is -1.18. The summed E-state index contributed by atoms with van der Waals surface area (Å²) in [6.45, 7) is 6.62. The molecule has 4 rings (SSSR count). The molecular weight excluding hydrogens is 680 g/mol. The fourth-order valence-electron chi connectivity index (χ4n) is 7.83. The molecule has 2 saturated carbocycles. The minimum Gasteiger partial charge on any atom is -0.444 e. The first-order valence-corrected chi connectivity index (χ1v) is 19.1. The number of piperidine rings is 1. The zero-order chi connectivity index (χ0) is 38.9. The second-order valence-electron chi connectivity index (χ2n) is 15.8. The van der Waals surface area contributed by atoms with E-state index in [1.165, 1.54) is 4.90 Å². The number of ether oxygens (including phenoxy) is 1. The molecule has 292 valence electrons. The fourth-order valence-corrected chi connectivity index (χ4v) is 7.83. The summed E-state index contributed by atoms with van der Waals surface area (Å²) in [5.74, 6) is -4.06. The summed E-state index contributed by atoms with van der Waals surface area (Å²) in [4.78, 5) is 96.8. The molecule has 3 unspecified atom stereocenters. The van der Waals surface area contributed by atoms with Gasteiger partial charge in [0.2, 0.25) is 29.4 Å². The van der Waals surface area contributed by atoms with E-state index in [-0.39, 0.29) is 36.1 Å². The average Bonchev–Trinajstić information content (AvgIpc) is 3.75. The van der Waals surface area contributed by atoms with Gasteiger partial charge in [-0.25, -0.2) is 4.79 Å². The summed E-state index contributed by atoms with van der Waals surface area (Å²) < 4.78 is 5.52. The Morgan fingerprint density at radius 2 is 1.58 bits per heavy atom. The van der Waals surface area contributed by atoms with Crippen molar-refractivity contribution in [2.45, 2.75) is 134 Å². The number of unbranched alkanes of at least 4 members (excludes halogenated alkanes) is 1. The Bertz CT molecular complexity index is 1490. The number of alkyl carbamates (subject to hydrolysis) is 1. The maximum Gasteiger partial charge on any atom is 0.408 e. The van der Waals surface area contributed by atoms with Crippen LogP contribution in [0.5, 0.6) is 0 Å². The molecule has 3 fully saturated rings. The van der Waals surface area contributed by atoms with Gasteiger partial charge >= 0.3 is 6.09 Å². The highest BCUT2D eigenvalue weighted by atomic mass is 16.6. The summed E-state index contributed by atoms with van der Waals surface area (Å²) in [5.41, 5.74) is -0.200. The molecule has 2 bridgehead atoms. The van der Waals surface area contributed by atoms with E-state index in [0.717, 1.165) is 44.9 Å². The predicted octanol–water partition coefficient (Wildman–Crippen LogP) is 3.15. The number of rotatable bonds is 15. The average molecular weight is 739 g/mol. The number of hydrogen-bond acceptors (Lipinski definition) is 8. The molecule has 1 saturated heterocycles. The van der Waals surface area contributed by atoms with Crippen LogP contribution in [0, 0.1) is 11.8 Å². The van der Waals surface area contributed by atoms with E-state index in [0.29, 0.717) is 24.8 Å². The highest BCUT2D eigenvalue weighted by Crippen LogP contribution is 2.43. The van der Waals surface area contributed by atoms with Crippen LogP contribution >= 0.6 is 0 Å². The van der Waals surface area contributed by atoms with Gasteiger partial charge in [-0.15, -0.1) is 0 Å². The molecule has 6 atom stereocenters. The van der Waals surface area contributed by atoms with Crippen molar-refractivity contribution in [1.29, 1.82) is 0 Å². The molecule has 0 radical (unpaired) electrons. The number of ketones is 1. The molecule has 1 aromatic rings. The number of carbonyl (C=O) groups excluding carboxylic acids is 7. The number of nitrogens with one attached hydrogen (secondary N) is 4. The zero-order valence-electron chi connectivity index (χ0n) is 32.1. The second kappa shape index (κ2) is 18.5. The number of fused-ring (bicyclic) bond motifs is 2. The second-order valence-corrected chi connectivity index (χ2v) is 15.8. The van der Waals surface area contributed by atoms with Crippen LogP contribution in [-0.4, -0.2) is 102 Å². The number of carbonyl (C=O) groups is 7. The van der Waals surface area contributed by atoms with Crippen LogP contribution in [0.25, 0.3) is 0 Å². The Balaban J connectivity index is 1.45. The van der Waals surface area contributed by atoms with Gasteiger partial charge in [0.1, 0.15) is 23.7 Å². The largest absolute Gasteiger partial charge is 0.444 e. The SMILES string of the molecule is CCCCC(NC(=O)[C@@H]1C2CCC(C2)N1C(=O)[C@@H](NC(=O)OC(C)(C)C)C1CCCCC1)C(=O)C(=O)NCC(=O)N[C@H](C(=O)N(C)C)c1ccccc1. The van der Waals surface area contributed by atoms with Crippen LogP contribution in [0.1, 0.15) is 110 Å². The summed E-state index contributed by atoms with van der Waals surface area (Å²) in [6, 6.07) is 4.60. The van der Waals surface area contributed by atoms with E-state index < -0.39 is 65.9 Å². The van der Waals surface area contributed by atoms with Crippen molar-refractivity contribution in [3.63, 3.8) is 0 Å². The summed E-state index contributed by atoms with van der Waals surface area (Å²) in [5, 5.41) is 10.6. The van der Waals surface area contributed by atoms with E-state index in [1.54, 1.807) is 70.1 Å². The highest BCUT2D eigenvalue weighted by molar-refractivity contribution is 6.38. The Morgan fingerprint density at radius 1 is 0.906 bits per heavy atom. The lowest BCUT2D eigenvalue weighted by atomic mass is 9.83. The predicted molar refractivity (Wildman–Crippen MR) is 197 cm³/mol. The fraction of sp³-hybridized carbons (Fsp3) is 0.667. The van der Waals surface area contributed by atoms with E-state index in [2.05, 4.69) is 21.3 Å². The van der Waals surface area contributed by atoms with Crippen LogP contribution < -0.4 is 21.3 Å². The maximum atomic E-state index is 14.4. The molecule has 0 aromatic heterocycles. The molecule has 14 heteroatoms. The van der Waals surface area contributed by atoms with E-state index >= 15 is 0 Å². The number of Topliss-reactive ketones (excluding diaryl/α,β-unsaturated/α-hetero) is 1. The van der Waals surface area contributed by atoms with Gasteiger partial charge in [0, 0.05) is 20.1 Å². The number of nitrogens with zero attached hydrogens (tertiary/aromatic N) is 2. The summed E-state index contributed by atoms with van der Waals surface area (Å²) >= 11 is 0. The first kappa shape index (κ1) is 41.3. The monoisotopic (exact) mass is 738 g/mol. The minimum absolute atomic E-state index is 0.102. The molecule has 4 N–H and O–H groups in total. The van der Waals surface area contributed by atoms with Gasteiger partial charge in [-0.05, 0) is 76.7 Å². The number of likely N-dealkylation sites (N-methyl/N-ethyl adjacent to an activating group) is 1. The van der Waals surface area contributed by atoms with Gasteiger partial charge in [0.05, 0.1) is 12.6 Å². The third kappa shape index (κ3) is 11.0. The lowest BCUT2D eigenvalue weighted by Gasteiger charge is -2.40. The normalized spacial score (nSPS) is 21.5. The van der Waals surface area contributed by atoms with Crippen molar-refractivity contribution < 1.29 is 38.3 Å². The number of benzene rings is 1. The quantitative estimate of drug-likeness (QED) is 0.198. The topological polar surface area (TPSA) is 183 Å². The van der Waals surface area contributed by atoms with E-state index in [4.69, 9.17) is 4.74 Å². The molecule has 0 spiro atoms. The highest BCUT2D eigenvalue weighted by Gasteiger charge is 2.53. The van der Waals surface area contributed by atoms with Crippen molar-refractivity contribution in [2.24, 2.45) is 11.8 Å². The smallest absolute Gasteiger partial charge is 0.408 e. The Labute approximate surface area is 312 Å². The summed E-state index contributed by atoms with van der Waals surface area (Å²) in [7, 11) is 3.13. The van der Waals surface area contributed by atoms with Crippen molar-refractivity contribution in [3.05, 3.63) is 35.9 Å². The first-order valence-electron chi connectivity index (χ1n) is 19.1. The third-order valence-electron chi connectivity index (χ3n) is 10.4. The van der Waals surface area contributed by atoms with Crippen LogP contribution in [0.2, 0.25) is 0 Å². The van der Waals surface area contributed by atoms with Crippen molar-refractivity contribution in [2.75, 3.05) is 20.6 Å². The van der Waals surface area contributed by atoms with E-state index in [9.17, 15) is 33.6 Å². The lowest BCUT2D eigenvalue weighted by Crippen LogP contribution is -2.61. The lowest BCUT2D eigenvalue weighted by molar-refractivity contribution is -0.147. The van der Waals surface area contributed by atoms with Crippen molar-refractivity contribution >= 4 is 41.4 Å². The molecule has 6 amide bonds. The van der Waals surface area contributed by atoms with Gasteiger partial charge in [-0.1, -0.05) is 69.4 Å². The standard InChI is InChI=1S/C39H58N6O8/c1-7-8-19-28(33(47)35(49)40-23-29(46)42-30(36(50)44(5)6)24-15-11-9-12-16-24)41-34(48)32-26-20-21-27(22-26)45(32)37(51)31(25-17-13-10-14-18-25)43-38(52)53-39(2,3)4/h9,11-12,15-16,25-28,30-32H,7-8,10,13-14,17-23H2,1-6H3,(H,40,49)(H,41,48)(H,42,46)(H,43,52)/t26?,27?,28?,30-,31-,32-/m0/s1. The number of amides is 6. The number of likely N-dealkylation sites (tertiary alicyclic amines) is 1. The third-order valence-corrected chi connectivity index (χ3v) is 10.4. The summed E-state index contributed by atoms with van der Waals surface area (Å²) in [6.07, 6.45) is 7.32. The zero-order valence-corrected chi connectivity index (χ0v) is 32.1. The maximum absolute atomic E-state index is 14.4. The van der Waals surface area contributed by atoms with Crippen LogP contribution in [0.4, 0.5) is 4.79 Å². The molecule has 1 aliphatic heterocycles. The van der Waals surface area contributed by atoms with Gasteiger partial charge in [0.15, 0.2) is 0 Å². The molecule has 3 aliphatic rings. The van der Waals surface area contributed by atoms with Gasteiger partial charge in [-0.2, -0.15) is 0 Å². The first-order chi connectivity index (χ1) is 25.1. The van der Waals surface area contributed by atoms with Crippen LogP contribution in [0.3, 0.4) is 0 Å². The molecule has 1 heterocycles. The van der Waals surface area contributed by atoms with E-state index in [1.807, 2.05) is 6.92 Å². The Morgan fingerprint density at radius 3 is 2.21 bits per heavy atom. The van der Waals surface area contributed by atoms with Crippen LogP contribution in [-0.2, 0) is 33.5 Å². The van der Waals surface area contributed by atoms with Crippen LogP contribution in [0.15, 0.2) is 30.3 Å².